The van der Waals surface area contributed by atoms with Crippen LogP contribution in [-0.2, 0) is 4.79 Å². The van der Waals surface area contributed by atoms with Crippen LogP contribution in [0.25, 0.3) is 0 Å². The number of likely N-dealkylation sites (N-methyl/N-ethyl adjacent to an activating group) is 1. The molecule has 0 radical (unpaired) electrons. The molecule has 1 amide bonds. The summed E-state index contributed by atoms with van der Waals surface area (Å²) in [6.07, 6.45) is 2.06. The molecule has 0 aliphatic carbocycles. The number of piperazine rings is 1. The molecule has 1 aliphatic rings. The van der Waals surface area contributed by atoms with Crippen LogP contribution in [0.1, 0.15) is 6.42 Å². The second-order valence-electron chi connectivity index (χ2n) is 3.73. The molecule has 0 bridgehead atoms. The first-order chi connectivity index (χ1) is 6.69. The lowest BCUT2D eigenvalue weighted by atomic mass is 10.1. The first kappa shape index (κ1) is 11.2. The maximum Gasteiger partial charge on any atom is 0.226 e. The van der Waals surface area contributed by atoms with Crippen molar-refractivity contribution in [1.29, 1.82) is 0 Å². The number of carbonyl (C=O) groups is 1. The highest BCUT2D eigenvalue weighted by atomic mass is 16.2. The molecule has 0 saturated carbocycles. The van der Waals surface area contributed by atoms with Gasteiger partial charge in [-0.2, -0.15) is 0 Å². The van der Waals surface area contributed by atoms with Crippen molar-refractivity contribution in [2.45, 2.75) is 12.5 Å². The lowest BCUT2D eigenvalue weighted by Crippen LogP contribution is -2.56. The molecule has 2 N–H and O–H groups in total. The van der Waals surface area contributed by atoms with Crippen molar-refractivity contribution >= 4 is 5.91 Å². The molecule has 80 valence electrons. The zero-order valence-corrected chi connectivity index (χ0v) is 8.78. The topological polar surface area (TPSA) is 49.6 Å². The van der Waals surface area contributed by atoms with E-state index in [1.165, 1.54) is 0 Å². The molecule has 4 heteroatoms. The first-order valence-corrected chi connectivity index (χ1v) is 4.98. The highest BCUT2D eigenvalue weighted by molar-refractivity contribution is 5.78. The van der Waals surface area contributed by atoms with Gasteiger partial charge in [0.25, 0.3) is 0 Å². The Morgan fingerprint density at radius 1 is 1.64 bits per heavy atom. The average Bonchev–Trinajstić information content (AvgIpc) is 2.17. The van der Waals surface area contributed by atoms with E-state index in [-0.39, 0.29) is 11.9 Å². The smallest absolute Gasteiger partial charge is 0.226 e. The predicted octanol–water partition coefficient (Wildman–Crippen LogP) is -0.336. The Kier molecular flexibility index (Phi) is 4.10. The summed E-state index contributed by atoms with van der Waals surface area (Å²) >= 11 is 0. The van der Waals surface area contributed by atoms with Crippen LogP contribution in [0.4, 0.5) is 0 Å². The molecule has 1 aliphatic heterocycles. The molecule has 4 nitrogen and oxygen atoms in total. The van der Waals surface area contributed by atoms with Crippen LogP contribution in [0.5, 0.6) is 0 Å². The third kappa shape index (κ3) is 2.56. The van der Waals surface area contributed by atoms with Gasteiger partial charge in [-0.15, -0.1) is 6.58 Å². The summed E-state index contributed by atoms with van der Waals surface area (Å²) in [5.74, 6) is 0.142. The SMILES string of the molecule is C=CCC(=O)N1CCN(C)CC1CN. The molecule has 0 aromatic heterocycles. The summed E-state index contributed by atoms with van der Waals surface area (Å²) in [5.41, 5.74) is 5.64. The molecule has 1 rings (SSSR count). The fourth-order valence-electron chi connectivity index (χ4n) is 1.78. The van der Waals surface area contributed by atoms with E-state index in [0.29, 0.717) is 13.0 Å². The van der Waals surface area contributed by atoms with Gasteiger partial charge in [0.15, 0.2) is 0 Å². The van der Waals surface area contributed by atoms with Gasteiger partial charge in [0.1, 0.15) is 0 Å². The van der Waals surface area contributed by atoms with Gasteiger partial charge in [0.2, 0.25) is 5.91 Å². The number of nitrogens with zero attached hydrogens (tertiary/aromatic N) is 2. The molecule has 1 saturated heterocycles. The van der Waals surface area contributed by atoms with Crippen molar-refractivity contribution in [3.63, 3.8) is 0 Å². The Hall–Kier alpha value is -0.870. The van der Waals surface area contributed by atoms with Crippen LogP contribution in [0.2, 0.25) is 0 Å². The van der Waals surface area contributed by atoms with Gasteiger partial charge in [-0.1, -0.05) is 6.08 Å². The molecule has 1 unspecified atom stereocenters. The molecule has 1 atom stereocenters. The Labute approximate surface area is 85.3 Å². The quantitative estimate of drug-likeness (QED) is 0.630. The molecule has 0 spiro atoms. The van der Waals surface area contributed by atoms with E-state index in [1.807, 2.05) is 4.90 Å². The molecular weight excluding hydrogens is 178 g/mol. The highest BCUT2D eigenvalue weighted by Crippen LogP contribution is 2.09. The fraction of sp³-hybridized carbons (Fsp3) is 0.700. The van der Waals surface area contributed by atoms with E-state index in [9.17, 15) is 4.79 Å². The predicted molar refractivity (Wildman–Crippen MR) is 56.9 cm³/mol. The monoisotopic (exact) mass is 197 g/mol. The third-order valence-corrected chi connectivity index (χ3v) is 2.60. The van der Waals surface area contributed by atoms with Gasteiger partial charge in [0.05, 0.1) is 6.04 Å². The van der Waals surface area contributed by atoms with Crippen molar-refractivity contribution < 1.29 is 4.79 Å². The number of carbonyl (C=O) groups excluding carboxylic acids is 1. The second-order valence-corrected chi connectivity index (χ2v) is 3.73. The molecule has 0 aromatic rings. The van der Waals surface area contributed by atoms with Crippen molar-refractivity contribution in [1.82, 2.24) is 9.80 Å². The van der Waals surface area contributed by atoms with Crippen LogP contribution in [-0.4, -0.2) is 55.0 Å². The van der Waals surface area contributed by atoms with Crippen molar-refractivity contribution in [3.8, 4) is 0 Å². The minimum absolute atomic E-state index is 0.142. The van der Waals surface area contributed by atoms with Crippen molar-refractivity contribution in [2.75, 3.05) is 33.2 Å². The summed E-state index contributed by atoms with van der Waals surface area (Å²) in [6, 6.07) is 0.168. The van der Waals surface area contributed by atoms with Gasteiger partial charge in [-0.05, 0) is 7.05 Å². The van der Waals surface area contributed by atoms with Crippen molar-refractivity contribution in [2.24, 2.45) is 5.73 Å². The normalized spacial score (nSPS) is 23.6. The highest BCUT2D eigenvalue weighted by Gasteiger charge is 2.26. The number of amides is 1. The zero-order valence-electron chi connectivity index (χ0n) is 8.78. The maximum absolute atomic E-state index is 11.7. The minimum Gasteiger partial charge on any atom is -0.336 e. The van der Waals surface area contributed by atoms with Crippen LogP contribution in [0.3, 0.4) is 0 Å². The van der Waals surface area contributed by atoms with Gasteiger partial charge in [-0.3, -0.25) is 4.79 Å². The number of hydrogen-bond donors (Lipinski definition) is 1. The second kappa shape index (κ2) is 5.12. The lowest BCUT2D eigenvalue weighted by Gasteiger charge is -2.39. The fourth-order valence-corrected chi connectivity index (χ4v) is 1.78. The number of nitrogens with two attached hydrogens (primary N) is 1. The van der Waals surface area contributed by atoms with E-state index < -0.39 is 0 Å². The van der Waals surface area contributed by atoms with Crippen LogP contribution in [0.15, 0.2) is 12.7 Å². The summed E-state index contributed by atoms with van der Waals surface area (Å²) < 4.78 is 0. The maximum atomic E-state index is 11.7. The molecular formula is C10H19N3O. The Morgan fingerprint density at radius 2 is 2.36 bits per heavy atom. The summed E-state index contributed by atoms with van der Waals surface area (Å²) in [6.45, 7) is 6.69. The van der Waals surface area contributed by atoms with Crippen LogP contribution >= 0.6 is 0 Å². The zero-order chi connectivity index (χ0) is 10.6. The molecule has 1 heterocycles. The average molecular weight is 197 g/mol. The van der Waals surface area contributed by atoms with E-state index in [4.69, 9.17) is 5.73 Å². The minimum atomic E-state index is 0.142. The molecule has 14 heavy (non-hydrogen) atoms. The van der Waals surface area contributed by atoms with E-state index in [2.05, 4.69) is 18.5 Å². The largest absolute Gasteiger partial charge is 0.336 e. The van der Waals surface area contributed by atoms with Gasteiger partial charge in [0, 0.05) is 32.6 Å². The number of hydrogen-bond acceptors (Lipinski definition) is 3. The Balaban J connectivity index is 2.57. The van der Waals surface area contributed by atoms with Crippen molar-refractivity contribution in [3.05, 3.63) is 12.7 Å². The third-order valence-electron chi connectivity index (χ3n) is 2.60. The Morgan fingerprint density at radius 3 is 2.93 bits per heavy atom. The molecule has 1 fully saturated rings. The van der Waals surface area contributed by atoms with Gasteiger partial charge >= 0.3 is 0 Å². The van der Waals surface area contributed by atoms with E-state index in [0.717, 1.165) is 19.6 Å². The Bertz CT molecular complexity index is 217. The summed E-state index contributed by atoms with van der Waals surface area (Å²) in [7, 11) is 2.05. The first-order valence-electron chi connectivity index (χ1n) is 4.98. The molecule has 0 aromatic carbocycles. The number of rotatable bonds is 3. The van der Waals surface area contributed by atoms with E-state index >= 15 is 0 Å². The summed E-state index contributed by atoms with van der Waals surface area (Å²) in [5, 5.41) is 0. The lowest BCUT2D eigenvalue weighted by molar-refractivity contribution is -0.134. The van der Waals surface area contributed by atoms with Crippen LogP contribution < -0.4 is 5.73 Å². The van der Waals surface area contributed by atoms with Gasteiger partial charge in [-0.25, -0.2) is 0 Å². The summed E-state index contributed by atoms with van der Waals surface area (Å²) in [4.78, 5) is 15.7. The van der Waals surface area contributed by atoms with Gasteiger partial charge < -0.3 is 15.5 Å². The van der Waals surface area contributed by atoms with Crippen LogP contribution in [0, 0.1) is 0 Å². The van der Waals surface area contributed by atoms with E-state index in [1.54, 1.807) is 6.08 Å². The standard InChI is InChI=1S/C10H19N3O/c1-3-4-10(14)13-6-5-12(2)8-9(13)7-11/h3,9H,1,4-8,11H2,2H3.